The Bertz CT molecular complexity index is 147. The van der Waals surface area contributed by atoms with Crippen LogP contribution < -0.4 is 5.73 Å². The lowest BCUT2D eigenvalue weighted by Gasteiger charge is -2.23. The second kappa shape index (κ2) is 6.24. The minimum atomic E-state index is -4.06. The van der Waals surface area contributed by atoms with E-state index < -0.39 is 12.6 Å². The van der Waals surface area contributed by atoms with Crippen molar-refractivity contribution >= 4 is 0 Å². The molecule has 0 aliphatic carbocycles. The lowest BCUT2D eigenvalue weighted by atomic mass is 10.1. The van der Waals surface area contributed by atoms with Crippen molar-refractivity contribution in [1.82, 2.24) is 4.90 Å². The van der Waals surface area contributed by atoms with E-state index in [2.05, 4.69) is 0 Å². The molecule has 2 N–H and O–H groups in total. The van der Waals surface area contributed by atoms with Crippen molar-refractivity contribution in [3.63, 3.8) is 0 Å². The molecule has 5 heteroatoms. The average Bonchev–Trinajstić information content (AvgIpc) is 2.10. The highest BCUT2D eigenvalue weighted by Crippen LogP contribution is 2.19. The minimum absolute atomic E-state index is 0.0737. The van der Waals surface area contributed by atoms with Crippen LogP contribution in [0.4, 0.5) is 13.2 Å². The number of nitrogens with zero attached hydrogens (tertiary/aromatic N) is 1. The largest absolute Gasteiger partial charge is 0.390 e. The SMILES string of the molecule is CCN(CCC(F)(F)F)CC(C)CN. The van der Waals surface area contributed by atoms with Gasteiger partial charge in [-0.2, -0.15) is 13.2 Å². The van der Waals surface area contributed by atoms with E-state index in [0.29, 0.717) is 19.6 Å². The predicted molar refractivity (Wildman–Crippen MR) is 51.0 cm³/mol. The zero-order chi connectivity index (χ0) is 11.2. The first-order valence-electron chi connectivity index (χ1n) is 4.88. The van der Waals surface area contributed by atoms with Crippen molar-refractivity contribution in [2.45, 2.75) is 26.4 Å². The monoisotopic (exact) mass is 212 g/mol. The van der Waals surface area contributed by atoms with Crippen LogP contribution in [0, 0.1) is 5.92 Å². The maximum absolute atomic E-state index is 11.9. The molecule has 0 aromatic heterocycles. The van der Waals surface area contributed by atoms with Crippen molar-refractivity contribution in [3.05, 3.63) is 0 Å². The molecule has 0 saturated heterocycles. The van der Waals surface area contributed by atoms with Crippen LogP contribution >= 0.6 is 0 Å². The molecule has 0 amide bonds. The first-order chi connectivity index (χ1) is 6.39. The van der Waals surface area contributed by atoms with Crippen LogP contribution in [-0.2, 0) is 0 Å². The molecule has 0 saturated carbocycles. The Kier molecular flexibility index (Phi) is 6.11. The van der Waals surface area contributed by atoms with Crippen LogP contribution in [0.3, 0.4) is 0 Å². The van der Waals surface area contributed by atoms with E-state index in [1.165, 1.54) is 0 Å². The van der Waals surface area contributed by atoms with Gasteiger partial charge in [0, 0.05) is 13.1 Å². The van der Waals surface area contributed by atoms with Crippen LogP contribution in [0.1, 0.15) is 20.3 Å². The number of rotatable bonds is 6. The maximum Gasteiger partial charge on any atom is 0.390 e. The Balaban J connectivity index is 3.80. The summed E-state index contributed by atoms with van der Waals surface area (Å²) in [6.45, 7) is 5.67. The van der Waals surface area contributed by atoms with Crippen LogP contribution in [0.2, 0.25) is 0 Å². The molecule has 0 aliphatic rings. The molecule has 0 aliphatic heterocycles. The summed E-state index contributed by atoms with van der Waals surface area (Å²) in [6.07, 6.45) is -4.79. The molecular formula is C9H19F3N2. The first kappa shape index (κ1) is 13.7. The van der Waals surface area contributed by atoms with Gasteiger partial charge in [-0.1, -0.05) is 13.8 Å². The summed E-state index contributed by atoms with van der Waals surface area (Å²) >= 11 is 0. The summed E-state index contributed by atoms with van der Waals surface area (Å²) in [4.78, 5) is 1.78. The van der Waals surface area contributed by atoms with Gasteiger partial charge in [0.25, 0.3) is 0 Å². The summed E-state index contributed by atoms with van der Waals surface area (Å²) in [5, 5.41) is 0. The van der Waals surface area contributed by atoms with Crippen LogP contribution in [0.5, 0.6) is 0 Å². The fourth-order valence-corrected chi connectivity index (χ4v) is 1.18. The van der Waals surface area contributed by atoms with Gasteiger partial charge in [0.2, 0.25) is 0 Å². The summed E-state index contributed by atoms with van der Waals surface area (Å²) in [6, 6.07) is 0. The molecule has 0 rings (SSSR count). The van der Waals surface area contributed by atoms with E-state index in [4.69, 9.17) is 5.73 Å². The van der Waals surface area contributed by atoms with E-state index in [9.17, 15) is 13.2 Å². The smallest absolute Gasteiger partial charge is 0.330 e. The molecule has 0 fully saturated rings. The lowest BCUT2D eigenvalue weighted by Crippen LogP contribution is -2.34. The molecule has 1 unspecified atom stereocenters. The Labute approximate surface area is 83.3 Å². The molecule has 0 aromatic rings. The summed E-state index contributed by atoms with van der Waals surface area (Å²) in [5.74, 6) is 0.253. The van der Waals surface area contributed by atoms with Gasteiger partial charge in [0.1, 0.15) is 0 Å². The third kappa shape index (κ3) is 7.15. The normalized spacial score (nSPS) is 14.8. The first-order valence-corrected chi connectivity index (χ1v) is 4.88. The standard InChI is InChI=1S/C9H19F3N2/c1-3-14(7-8(2)6-13)5-4-9(10,11)12/h8H,3-7,13H2,1-2H3. The molecule has 1 atom stereocenters. The lowest BCUT2D eigenvalue weighted by molar-refractivity contribution is -0.138. The topological polar surface area (TPSA) is 29.3 Å². The summed E-state index contributed by atoms with van der Waals surface area (Å²) < 4.78 is 35.8. The Morgan fingerprint density at radius 3 is 2.29 bits per heavy atom. The maximum atomic E-state index is 11.9. The molecule has 14 heavy (non-hydrogen) atoms. The zero-order valence-corrected chi connectivity index (χ0v) is 8.77. The molecule has 0 spiro atoms. The number of alkyl halides is 3. The van der Waals surface area contributed by atoms with Crippen molar-refractivity contribution < 1.29 is 13.2 Å². The van der Waals surface area contributed by atoms with E-state index in [1.807, 2.05) is 13.8 Å². The van der Waals surface area contributed by atoms with Gasteiger partial charge in [-0.3, -0.25) is 0 Å². The zero-order valence-electron chi connectivity index (χ0n) is 8.77. The third-order valence-corrected chi connectivity index (χ3v) is 2.13. The molecule has 0 heterocycles. The predicted octanol–water partition coefficient (Wildman–Crippen LogP) is 1.86. The van der Waals surface area contributed by atoms with Crippen LogP contribution in [0.15, 0.2) is 0 Å². The van der Waals surface area contributed by atoms with E-state index in [0.717, 1.165) is 0 Å². The van der Waals surface area contributed by atoms with Gasteiger partial charge < -0.3 is 10.6 Å². The fraction of sp³-hybridized carbons (Fsp3) is 1.00. The Morgan fingerprint density at radius 1 is 1.36 bits per heavy atom. The Morgan fingerprint density at radius 2 is 1.93 bits per heavy atom. The number of halogens is 3. The number of nitrogens with two attached hydrogens (primary N) is 1. The highest BCUT2D eigenvalue weighted by atomic mass is 19.4. The number of hydrogen-bond donors (Lipinski definition) is 1. The van der Waals surface area contributed by atoms with Crippen LogP contribution in [0.25, 0.3) is 0 Å². The molecular weight excluding hydrogens is 193 g/mol. The molecule has 2 nitrogen and oxygen atoms in total. The summed E-state index contributed by atoms with van der Waals surface area (Å²) in [7, 11) is 0. The Hall–Kier alpha value is -0.290. The van der Waals surface area contributed by atoms with Crippen molar-refractivity contribution in [3.8, 4) is 0 Å². The van der Waals surface area contributed by atoms with Crippen molar-refractivity contribution in [1.29, 1.82) is 0 Å². The van der Waals surface area contributed by atoms with Gasteiger partial charge in [-0.25, -0.2) is 0 Å². The quantitative estimate of drug-likeness (QED) is 0.728. The highest BCUT2D eigenvalue weighted by molar-refractivity contribution is 4.64. The molecule has 86 valence electrons. The van der Waals surface area contributed by atoms with E-state index >= 15 is 0 Å². The molecule has 0 radical (unpaired) electrons. The molecule has 0 aromatic carbocycles. The van der Waals surface area contributed by atoms with Crippen LogP contribution in [-0.4, -0.2) is 37.3 Å². The van der Waals surface area contributed by atoms with Gasteiger partial charge in [0.05, 0.1) is 6.42 Å². The van der Waals surface area contributed by atoms with E-state index in [-0.39, 0.29) is 12.5 Å². The second-order valence-corrected chi connectivity index (χ2v) is 3.60. The van der Waals surface area contributed by atoms with Gasteiger partial charge in [-0.05, 0) is 19.0 Å². The average molecular weight is 212 g/mol. The van der Waals surface area contributed by atoms with Gasteiger partial charge >= 0.3 is 6.18 Å². The van der Waals surface area contributed by atoms with Crippen molar-refractivity contribution in [2.75, 3.05) is 26.2 Å². The van der Waals surface area contributed by atoms with E-state index in [1.54, 1.807) is 4.90 Å². The second-order valence-electron chi connectivity index (χ2n) is 3.60. The molecule has 0 bridgehead atoms. The fourth-order valence-electron chi connectivity index (χ4n) is 1.18. The summed E-state index contributed by atoms with van der Waals surface area (Å²) in [5.41, 5.74) is 5.41. The minimum Gasteiger partial charge on any atom is -0.330 e. The van der Waals surface area contributed by atoms with Crippen molar-refractivity contribution in [2.24, 2.45) is 11.7 Å². The highest BCUT2D eigenvalue weighted by Gasteiger charge is 2.27. The van der Waals surface area contributed by atoms with Gasteiger partial charge in [-0.15, -0.1) is 0 Å². The number of hydrogen-bond acceptors (Lipinski definition) is 2. The third-order valence-electron chi connectivity index (χ3n) is 2.13. The van der Waals surface area contributed by atoms with Gasteiger partial charge in [0.15, 0.2) is 0 Å².